The maximum absolute atomic E-state index is 12.2. The van der Waals surface area contributed by atoms with Crippen LogP contribution in [0.25, 0.3) is 0 Å². The summed E-state index contributed by atoms with van der Waals surface area (Å²) in [5.41, 5.74) is 0.719. The standard InChI is InChI=1S/C15H17NO6/c1-21-15(20)12(22-9-8-17)6-7-16-13(18)10-4-2-3-5-11(10)14(16)19/h2-5,12,17H,6-9H2,1H3. The second-order valence-corrected chi connectivity index (χ2v) is 4.70. The van der Waals surface area contributed by atoms with Crippen LogP contribution in [0.5, 0.6) is 0 Å². The van der Waals surface area contributed by atoms with Crippen LogP contribution in [0.4, 0.5) is 0 Å². The highest BCUT2D eigenvalue weighted by molar-refractivity contribution is 6.21. The molecule has 7 heteroatoms. The van der Waals surface area contributed by atoms with E-state index in [1.807, 2.05) is 0 Å². The van der Waals surface area contributed by atoms with Gasteiger partial charge >= 0.3 is 5.97 Å². The van der Waals surface area contributed by atoms with Crippen LogP contribution in [-0.2, 0) is 14.3 Å². The Kier molecular flexibility index (Phi) is 5.24. The van der Waals surface area contributed by atoms with Crippen molar-refractivity contribution in [3.8, 4) is 0 Å². The number of aliphatic hydroxyl groups excluding tert-OH is 1. The van der Waals surface area contributed by atoms with Gasteiger partial charge in [-0.25, -0.2) is 4.79 Å². The third kappa shape index (κ3) is 3.15. The van der Waals surface area contributed by atoms with Gasteiger partial charge in [-0.2, -0.15) is 0 Å². The highest BCUT2D eigenvalue weighted by Crippen LogP contribution is 2.22. The van der Waals surface area contributed by atoms with Crippen molar-refractivity contribution < 1.29 is 29.0 Å². The molecule has 7 nitrogen and oxygen atoms in total. The molecule has 118 valence electrons. The Morgan fingerprint density at radius 2 is 1.82 bits per heavy atom. The van der Waals surface area contributed by atoms with Crippen molar-refractivity contribution in [2.75, 3.05) is 26.9 Å². The van der Waals surface area contributed by atoms with Crippen molar-refractivity contribution in [2.45, 2.75) is 12.5 Å². The third-order valence-corrected chi connectivity index (χ3v) is 3.37. The van der Waals surface area contributed by atoms with E-state index < -0.39 is 12.1 Å². The van der Waals surface area contributed by atoms with E-state index >= 15 is 0 Å². The number of rotatable bonds is 7. The molecular weight excluding hydrogens is 290 g/mol. The Hall–Kier alpha value is -2.25. The molecule has 22 heavy (non-hydrogen) atoms. The van der Waals surface area contributed by atoms with E-state index in [1.54, 1.807) is 24.3 Å². The van der Waals surface area contributed by atoms with Gasteiger partial charge in [0.15, 0.2) is 6.10 Å². The van der Waals surface area contributed by atoms with Crippen molar-refractivity contribution >= 4 is 17.8 Å². The van der Waals surface area contributed by atoms with Crippen LogP contribution in [0.3, 0.4) is 0 Å². The number of ether oxygens (including phenoxy) is 2. The number of esters is 1. The molecule has 0 spiro atoms. The molecule has 0 aliphatic carbocycles. The van der Waals surface area contributed by atoms with E-state index in [9.17, 15) is 14.4 Å². The molecule has 0 bridgehead atoms. The van der Waals surface area contributed by atoms with Crippen LogP contribution in [0.2, 0.25) is 0 Å². The van der Waals surface area contributed by atoms with Gasteiger partial charge in [0.2, 0.25) is 0 Å². The first kappa shape index (κ1) is 16.1. The lowest BCUT2D eigenvalue weighted by Crippen LogP contribution is -2.36. The number of benzene rings is 1. The van der Waals surface area contributed by atoms with Gasteiger partial charge in [-0.05, 0) is 12.1 Å². The first-order valence-electron chi connectivity index (χ1n) is 6.85. The molecule has 1 aliphatic heterocycles. The molecule has 0 saturated carbocycles. The van der Waals surface area contributed by atoms with Crippen molar-refractivity contribution in [1.29, 1.82) is 0 Å². The molecule has 1 unspecified atom stereocenters. The predicted octanol–water partition coefficient (Wildman–Crippen LogP) is 0.223. The fourth-order valence-corrected chi connectivity index (χ4v) is 2.28. The molecule has 0 aromatic heterocycles. The van der Waals surface area contributed by atoms with Crippen molar-refractivity contribution in [1.82, 2.24) is 4.90 Å². The zero-order valence-corrected chi connectivity index (χ0v) is 12.2. The summed E-state index contributed by atoms with van der Waals surface area (Å²) in [6.45, 7) is -0.222. The van der Waals surface area contributed by atoms with Gasteiger partial charge in [-0.1, -0.05) is 12.1 Å². The summed E-state index contributed by atoms with van der Waals surface area (Å²) in [6.07, 6.45) is -0.820. The van der Waals surface area contributed by atoms with E-state index in [0.717, 1.165) is 4.90 Å². The predicted molar refractivity (Wildman–Crippen MR) is 75.3 cm³/mol. The number of nitrogens with zero attached hydrogens (tertiary/aromatic N) is 1. The van der Waals surface area contributed by atoms with Crippen LogP contribution >= 0.6 is 0 Å². The Morgan fingerprint density at radius 3 is 2.32 bits per heavy atom. The van der Waals surface area contributed by atoms with Gasteiger partial charge in [0.1, 0.15) is 0 Å². The van der Waals surface area contributed by atoms with E-state index in [-0.39, 0.29) is 38.0 Å². The molecule has 0 saturated heterocycles. The lowest BCUT2D eigenvalue weighted by molar-refractivity contribution is -0.155. The normalized spacial score (nSPS) is 14.9. The van der Waals surface area contributed by atoms with E-state index in [4.69, 9.17) is 9.84 Å². The molecule has 1 aliphatic rings. The monoisotopic (exact) mass is 307 g/mol. The summed E-state index contributed by atoms with van der Waals surface area (Å²) in [5.74, 6) is -1.37. The van der Waals surface area contributed by atoms with Gasteiger partial charge in [-0.15, -0.1) is 0 Å². The quantitative estimate of drug-likeness (QED) is 0.572. The minimum Gasteiger partial charge on any atom is -0.467 e. The van der Waals surface area contributed by atoms with Crippen LogP contribution in [0.1, 0.15) is 27.1 Å². The lowest BCUT2D eigenvalue weighted by Gasteiger charge is -2.19. The van der Waals surface area contributed by atoms with Gasteiger partial charge in [0.05, 0.1) is 31.5 Å². The molecule has 1 heterocycles. The molecule has 0 radical (unpaired) electrons. The maximum Gasteiger partial charge on any atom is 0.335 e. The van der Waals surface area contributed by atoms with Gasteiger partial charge < -0.3 is 14.6 Å². The summed E-state index contributed by atoms with van der Waals surface area (Å²) in [4.78, 5) is 37.0. The molecule has 1 atom stereocenters. The Balaban J connectivity index is 2.03. The third-order valence-electron chi connectivity index (χ3n) is 3.37. The summed E-state index contributed by atoms with van der Waals surface area (Å²) in [7, 11) is 1.22. The number of carbonyl (C=O) groups is 3. The van der Waals surface area contributed by atoms with E-state index in [0.29, 0.717) is 11.1 Å². The minimum atomic E-state index is -0.929. The highest BCUT2D eigenvalue weighted by atomic mass is 16.6. The van der Waals surface area contributed by atoms with Gasteiger partial charge in [0.25, 0.3) is 11.8 Å². The SMILES string of the molecule is COC(=O)C(CCN1C(=O)c2ccccc2C1=O)OCCO. The molecule has 2 amide bonds. The van der Waals surface area contributed by atoms with Crippen molar-refractivity contribution in [3.05, 3.63) is 35.4 Å². The number of aliphatic hydroxyl groups is 1. The molecule has 0 fully saturated rings. The second-order valence-electron chi connectivity index (χ2n) is 4.70. The Bertz CT molecular complexity index is 550. The Morgan fingerprint density at radius 1 is 1.23 bits per heavy atom. The summed E-state index contributed by atoms with van der Waals surface area (Å²) < 4.78 is 9.78. The van der Waals surface area contributed by atoms with Crippen LogP contribution in [-0.4, -0.2) is 60.8 Å². The number of hydrogen-bond donors (Lipinski definition) is 1. The number of imide groups is 1. The summed E-state index contributed by atoms with van der Waals surface area (Å²) in [5, 5.41) is 8.76. The smallest absolute Gasteiger partial charge is 0.335 e. The first-order chi connectivity index (χ1) is 10.6. The van der Waals surface area contributed by atoms with Crippen molar-refractivity contribution in [2.24, 2.45) is 0 Å². The van der Waals surface area contributed by atoms with Gasteiger partial charge in [0, 0.05) is 13.0 Å². The number of hydrogen-bond acceptors (Lipinski definition) is 6. The van der Waals surface area contributed by atoms with E-state index in [2.05, 4.69) is 4.74 Å². The largest absolute Gasteiger partial charge is 0.467 e. The topological polar surface area (TPSA) is 93.1 Å². The number of amides is 2. The average Bonchev–Trinajstić information content (AvgIpc) is 2.79. The Labute approximate surface area is 127 Å². The molecule has 1 aromatic carbocycles. The van der Waals surface area contributed by atoms with Crippen molar-refractivity contribution in [3.63, 3.8) is 0 Å². The zero-order valence-electron chi connectivity index (χ0n) is 12.2. The lowest BCUT2D eigenvalue weighted by atomic mass is 10.1. The number of fused-ring (bicyclic) bond motifs is 1. The first-order valence-corrected chi connectivity index (χ1v) is 6.85. The molecule has 1 aromatic rings. The fourth-order valence-electron chi connectivity index (χ4n) is 2.28. The van der Waals surface area contributed by atoms with Crippen LogP contribution < -0.4 is 0 Å². The summed E-state index contributed by atoms with van der Waals surface area (Å²) >= 11 is 0. The highest BCUT2D eigenvalue weighted by Gasteiger charge is 2.35. The zero-order chi connectivity index (χ0) is 16.1. The molecule has 2 rings (SSSR count). The van der Waals surface area contributed by atoms with Crippen LogP contribution in [0, 0.1) is 0 Å². The number of methoxy groups -OCH3 is 1. The molecular formula is C15H17NO6. The van der Waals surface area contributed by atoms with E-state index in [1.165, 1.54) is 7.11 Å². The maximum atomic E-state index is 12.2. The summed E-state index contributed by atoms with van der Waals surface area (Å²) in [6, 6.07) is 6.56. The average molecular weight is 307 g/mol. The minimum absolute atomic E-state index is 0.0259. The van der Waals surface area contributed by atoms with Crippen LogP contribution in [0.15, 0.2) is 24.3 Å². The second kappa shape index (κ2) is 7.15. The van der Waals surface area contributed by atoms with Gasteiger partial charge in [-0.3, -0.25) is 14.5 Å². The molecule has 1 N–H and O–H groups in total. The number of carbonyl (C=O) groups excluding carboxylic acids is 3. The fraction of sp³-hybridized carbons (Fsp3) is 0.400.